The maximum absolute atomic E-state index is 5.75. The Hall–Kier alpha value is -1.36. The lowest BCUT2D eigenvalue weighted by molar-refractivity contribution is 0.324. The number of nitrogens with two attached hydrogens (primary N) is 1. The summed E-state index contributed by atoms with van der Waals surface area (Å²) in [7, 11) is 0. The fraction of sp³-hybridized carbons (Fsp3) is 0.714. The molecule has 1 aromatic rings. The highest BCUT2D eigenvalue weighted by molar-refractivity contribution is 5.39. The summed E-state index contributed by atoms with van der Waals surface area (Å²) in [4.78, 5) is 11.1. The zero-order valence-electron chi connectivity index (χ0n) is 11.7. The molecule has 5 nitrogen and oxygen atoms in total. The van der Waals surface area contributed by atoms with Gasteiger partial charge in [0.05, 0.1) is 19.0 Å². The van der Waals surface area contributed by atoms with Gasteiger partial charge in [-0.05, 0) is 19.8 Å². The van der Waals surface area contributed by atoms with Gasteiger partial charge in [-0.2, -0.15) is 4.98 Å². The second-order valence-electron chi connectivity index (χ2n) is 4.92. The van der Waals surface area contributed by atoms with Crippen molar-refractivity contribution in [1.82, 2.24) is 9.97 Å². The molecule has 1 fully saturated rings. The molecule has 2 rings (SSSR count). The fourth-order valence-electron chi connectivity index (χ4n) is 2.71. The van der Waals surface area contributed by atoms with Gasteiger partial charge in [-0.1, -0.05) is 19.3 Å². The third-order valence-electron chi connectivity index (χ3n) is 3.57. The minimum atomic E-state index is 0.545. The summed E-state index contributed by atoms with van der Waals surface area (Å²) < 4.78 is 5.43. The Balaban J connectivity index is 2.14. The van der Waals surface area contributed by atoms with Crippen molar-refractivity contribution < 1.29 is 4.74 Å². The molecule has 0 bridgehead atoms. The summed E-state index contributed by atoms with van der Waals surface area (Å²) in [6.45, 7) is 4.03. The van der Waals surface area contributed by atoms with Crippen LogP contribution in [0.5, 0.6) is 5.88 Å². The van der Waals surface area contributed by atoms with Crippen LogP contribution in [0.2, 0.25) is 0 Å². The molecule has 19 heavy (non-hydrogen) atoms. The zero-order chi connectivity index (χ0) is 13.5. The Morgan fingerprint density at radius 2 is 2.11 bits per heavy atom. The lowest BCUT2D eigenvalue weighted by Crippen LogP contribution is -2.40. The highest BCUT2D eigenvalue weighted by Gasteiger charge is 2.22. The molecule has 5 heteroatoms. The molecule has 1 heterocycles. The normalized spacial score (nSPS) is 16.3. The summed E-state index contributed by atoms with van der Waals surface area (Å²) in [6.07, 6.45) is 9.86. The van der Waals surface area contributed by atoms with E-state index in [0.29, 0.717) is 25.1 Å². The largest absolute Gasteiger partial charge is 0.477 e. The molecular weight excluding hydrogens is 240 g/mol. The predicted octanol–water partition coefficient (Wildman–Crippen LogP) is 1.97. The fourth-order valence-corrected chi connectivity index (χ4v) is 2.71. The van der Waals surface area contributed by atoms with Crippen molar-refractivity contribution in [3.8, 4) is 5.88 Å². The molecule has 2 N–H and O–H groups in total. The van der Waals surface area contributed by atoms with Crippen molar-refractivity contribution in [3.63, 3.8) is 0 Å². The average Bonchev–Trinajstić information content (AvgIpc) is 2.46. The highest BCUT2D eigenvalue weighted by atomic mass is 16.5. The van der Waals surface area contributed by atoms with E-state index >= 15 is 0 Å². The summed E-state index contributed by atoms with van der Waals surface area (Å²) in [5, 5.41) is 0. The SMILES string of the molecule is CCOc1cncc(N(CCN)C2CCCCC2)n1. The van der Waals surface area contributed by atoms with Gasteiger partial charge in [0.2, 0.25) is 5.88 Å². The van der Waals surface area contributed by atoms with Crippen LogP contribution in [0.25, 0.3) is 0 Å². The monoisotopic (exact) mass is 264 g/mol. The van der Waals surface area contributed by atoms with Crippen LogP contribution in [0.4, 0.5) is 5.82 Å². The smallest absolute Gasteiger partial charge is 0.234 e. The van der Waals surface area contributed by atoms with Crippen molar-refractivity contribution in [3.05, 3.63) is 12.4 Å². The van der Waals surface area contributed by atoms with Gasteiger partial charge in [0.25, 0.3) is 0 Å². The number of aromatic nitrogens is 2. The van der Waals surface area contributed by atoms with E-state index in [1.807, 2.05) is 13.1 Å². The maximum atomic E-state index is 5.75. The average molecular weight is 264 g/mol. The van der Waals surface area contributed by atoms with Crippen LogP contribution in [0, 0.1) is 0 Å². The lowest BCUT2D eigenvalue weighted by Gasteiger charge is -2.34. The second-order valence-corrected chi connectivity index (χ2v) is 4.92. The molecule has 1 aromatic heterocycles. The predicted molar refractivity (Wildman–Crippen MR) is 76.5 cm³/mol. The maximum Gasteiger partial charge on any atom is 0.234 e. The van der Waals surface area contributed by atoms with Crippen LogP contribution in [0.3, 0.4) is 0 Å². The van der Waals surface area contributed by atoms with E-state index in [9.17, 15) is 0 Å². The third-order valence-corrected chi connectivity index (χ3v) is 3.57. The summed E-state index contributed by atoms with van der Waals surface area (Å²) >= 11 is 0. The number of nitrogens with zero attached hydrogens (tertiary/aromatic N) is 3. The van der Waals surface area contributed by atoms with E-state index in [0.717, 1.165) is 12.4 Å². The molecule has 0 aromatic carbocycles. The topological polar surface area (TPSA) is 64.3 Å². The Morgan fingerprint density at radius 3 is 2.79 bits per heavy atom. The van der Waals surface area contributed by atoms with Gasteiger partial charge < -0.3 is 15.4 Å². The molecule has 0 saturated heterocycles. The molecule has 0 atom stereocenters. The van der Waals surface area contributed by atoms with Gasteiger partial charge in [0.15, 0.2) is 5.82 Å². The van der Waals surface area contributed by atoms with E-state index in [2.05, 4.69) is 14.9 Å². The first-order valence-electron chi connectivity index (χ1n) is 7.26. The molecule has 1 aliphatic carbocycles. The van der Waals surface area contributed by atoms with Crippen molar-refractivity contribution in [1.29, 1.82) is 0 Å². The van der Waals surface area contributed by atoms with Crippen molar-refractivity contribution in [2.75, 3.05) is 24.6 Å². The lowest BCUT2D eigenvalue weighted by atomic mass is 9.94. The van der Waals surface area contributed by atoms with Gasteiger partial charge in [-0.15, -0.1) is 0 Å². The number of hydrogen-bond donors (Lipinski definition) is 1. The second kappa shape index (κ2) is 7.28. The Kier molecular flexibility index (Phi) is 5.39. The molecule has 106 valence electrons. The molecule has 0 aliphatic heterocycles. The van der Waals surface area contributed by atoms with Crippen LogP contribution in [-0.2, 0) is 0 Å². The van der Waals surface area contributed by atoms with Gasteiger partial charge in [-0.25, -0.2) is 0 Å². The van der Waals surface area contributed by atoms with E-state index < -0.39 is 0 Å². The first kappa shape index (κ1) is 14.1. The van der Waals surface area contributed by atoms with Gasteiger partial charge in [-0.3, -0.25) is 4.98 Å². The van der Waals surface area contributed by atoms with Crippen LogP contribution in [0.15, 0.2) is 12.4 Å². The third kappa shape index (κ3) is 3.80. The minimum Gasteiger partial charge on any atom is -0.477 e. The van der Waals surface area contributed by atoms with E-state index in [4.69, 9.17) is 10.5 Å². The van der Waals surface area contributed by atoms with Crippen molar-refractivity contribution in [2.45, 2.75) is 45.1 Å². The molecular formula is C14H24N4O. The number of anilines is 1. The molecule has 0 amide bonds. The van der Waals surface area contributed by atoms with Crippen molar-refractivity contribution >= 4 is 5.82 Å². The van der Waals surface area contributed by atoms with Crippen molar-refractivity contribution in [2.24, 2.45) is 5.73 Å². The van der Waals surface area contributed by atoms with Gasteiger partial charge in [0.1, 0.15) is 0 Å². The Morgan fingerprint density at radius 1 is 1.32 bits per heavy atom. The van der Waals surface area contributed by atoms with Crippen LogP contribution in [0.1, 0.15) is 39.0 Å². The first-order valence-corrected chi connectivity index (χ1v) is 7.26. The summed E-state index contributed by atoms with van der Waals surface area (Å²) in [5.41, 5.74) is 5.75. The molecule has 0 unspecified atom stereocenters. The quantitative estimate of drug-likeness (QED) is 0.851. The summed E-state index contributed by atoms with van der Waals surface area (Å²) in [5.74, 6) is 1.49. The van der Waals surface area contributed by atoms with Crippen LogP contribution < -0.4 is 15.4 Å². The minimum absolute atomic E-state index is 0.545. The zero-order valence-corrected chi connectivity index (χ0v) is 11.7. The van der Waals surface area contributed by atoms with E-state index in [1.54, 1.807) is 6.20 Å². The summed E-state index contributed by atoms with van der Waals surface area (Å²) in [6, 6.07) is 0.545. The molecule has 1 aliphatic rings. The van der Waals surface area contributed by atoms with Gasteiger partial charge >= 0.3 is 0 Å². The van der Waals surface area contributed by atoms with E-state index in [-0.39, 0.29) is 0 Å². The first-order chi connectivity index (χ1) is 9.35. The van der Waals surface area contributed by atoms with Gasteiger partial charge in [0, 0.05) is 19.1 Å². The molecule has 0 spiro atoms. The standard InChI is InChI=1S/C14H24N4O/c1-2-19-14-11-16-10-13(17-14)18(9-8-15)12-6-4-3-5-7-12/h10-12H,2-9,15H2,1H3. The number of ether oxygens (including phenoxy) is 1. The molecule has 1 saturated carbocycles. The number of rotatable bonds is 6. The van der Waals surface area contributed by atoms with Crippen LogP contribution in [-0.4, -0.2) is 35.7 Å². The highest BCUT2D eigenvalue weighted by Crippen LogP contribution is 2.26. The number of hydrogen-bond acceptors (Lipinski definition) is 5. The Labute approximate surface area is 115 Å². The van der Waals surface area contributed by atoms with E-state index in [1.165, 1.54) is 32.1 Å². The molecule has 0 radical (unpaired) electrons. The Bertz CT molecular complexity index is 379. The van der Waals surface area contributed by atoms with Crippen LogP contribution >= 0.6 is 0 Å².